The minimum absolute atomic E-state index is 0.163. The van der Waals surface area contributed by atoms with Crippen molar-refractivity contribution in [2.75, 3.05) is 0 Å². The lowest BCUT2D eigenvalue weighted by Gasteiger charge is -2.19. The minimum Gasteiger partial charge on any atom is -0.347 e. The monoisotopic (exact) mass is 211 g/mol. The fraction of sp³-hybridized carbons (Fsp3) is 0.333. The molecule has 1 aromatic heterocycles. The first-order valence-corrected chi connectivity index (χ1v) is 5.88. The van der Waals surface area contributed by atoms with E-state index < -0.39 is 0 Å². The van der Waals surface area contributed by atoms with Crippen LogP contribution in [0.3, 0.4) is 0 Å². The smallest absolute Gasteiger partial charge is 0.0483 e. The third kappa shape index (κ3) is 1.01. The van der Waals surface area contributed by atoms with E-state index in [1.165, 1.54) is 35.0 Å². The van der Waals surface area contributed by atoms with Crippen molar-refractivity contribution in [3.63, 3.8) is 0 Å². The van der Waals surface area contributed by atoms with Crippen LogP contribution in [0.1, 0.15) is 24.6 Å². The van der Waals surface area contributed by atoms with Gasteiger partial charge in [0.25, 0.3) is 0 Å². The maximum atomic E-state index is 4.02. The molecule has 1 nitrogen and oxygen atoms in total. The second-order valence-corrected chi connectivity index (χ2v) is 5.02. The second kappa shape index (κ2) is 3.00. The van der Waals surface area contributed by atoms with E-state index in [4.69, 9.17) is 0 Å². The standard InChI is InChI=1S/C15H17N/c1-4-15(2)10-9-13-14(15)11-7-5-6-8-12(11)16(13)3/h4-8H,1,9-10H2,2-3H3. The number of rotatable bonds is 1. The van der Waals surface area contributed by atoms with Gasteiger partial charge in [0.15, 0.2) is 0 Å². The van der Waals surface area contributed by atoms with Gasteiger partial charge in [-0.3, -0.25) is 0 Å². The highest BCUT2D eigenvalue weighted by atomic mass is 15.0. The lowest BCUT2D eigenvalue weighted by atomic mass is 9.83. The maximum absolute atomic E-state index is 4.02. The molecule has 0 aliphatic heterocycles. The summed E-state index contributed by atoms with van der Waals surface area (Å²) >= 11 is 0. The Hall–Kier alpha value is -1.50. The molecule has 0 N–H and O–H groups in total. The fourth-order valence-corrected chi connectivity index (χ4v) is 3.08. The summed E-state index contributed by atoms with van der Waals surface area (Å²) in [7, 11) is 2.18. The maximum Gasteiger partial charge on any atom is 0.0483 e. The first-order chi connectivity index (χ1) is 7.67. The van der Waals surface area contributed by atoms with Crippen molar-refractivity contribution in [1.82, 2.24) is 4.57 Å². The number of aromatic nitrogens is 1. The molecule has 0 spiro atoms. The van der Waals surface area contributed by atoms with Crippen molar-refractivity contribution in [2.45, 2.75) is 25.2 Å². The molecule has 1 aromatic carbocycles. The van der Waals surface area contributed by atoms with Crippen LogP contribution in [0.25, 0.3) is 10.9 Å². The van der Waals surface area contributed by atoms with Crippen LogP contribution >= 0.6 is 0 Å². The fourth-order valence-electron chi connectivity index (χ4n) is 3.08. The van der Waals surface area contributed by atoms with E-state index in [0.717, 1.165) is 0 Å². The average Bonchev–Trinajstić information content (AvgIpc) is 2.80. The number of hydrogen-bond acceptors (Lipinski definition) is 0. The van der Waals surface area contributed by atoms with E-state index in [1.807, 2.05) is 0 Å². The molecule has 1 aliphatic carbocycles. The molecule has 1 unspecified atom stereocenters. The van der Waals surface area contributed by atoms with Gasteiger partial charge < -0.3 is 4.57 Å². The zero-order chi connectivity index (χ0) is 11.3. The van der Waals surface area contributed by atoms with E-state index in [1.54, 1.807) is 0 Å². The van der Waals surface area contributed by atoms with Gasteiger partial charge in [-0.2, -0.15) is 0 Å². The van der Waals surface area contributed by atoms with E-state index >= 15 is 0 Å². The molecule has 1 heterocycles. The lowest BCUT2D eigenvalue weighted by Crippen LogP contribution is -2.13. The van der Waals surface area contributed by atoms with Crippen LogP contribution in [0.4, 0.5) is 0 Å². The zero-order valence-electron chi connectivity index (χ0n) is 9.96. The van der Waals surface area contributed by atoms with E-state index in [2.05, 4.69) is 55.5 Å². The van der Waals surface area contributed by atoms with Gasteiger partial charge in [-0.1, -0.05) is 31.2 Å². The zero-order valence-corrected chi connectivity index (χ0v) is 9.96. The molecule has 1 heteroatoms. The van der Waals surface area contributed by atoms with Crippen LogP contribution in [0.5, 0.6) is 0 Å². The largest absolute Gasteiger partial charge is 0.347 e. The molecule has 2 aromatic rings. The lowest BCUT2D eigenvalue weighted by molar-refractivity contribution is 0.592. The van der Waals surface area contributed by atoms with Crippen molar-refractivity contribution in [1.29, 1.82) is 0 Å². The molecule has 3 rings (SSSR count). The number of hydrogen-bond donors (Lipinski definition) is 0. The highest BCUT2D eigenvalue weighted by Gasteiger charge is 2.35. The second-order valence-electron chi connectivity index (χ2n) is 5.02. The topological polar surface area (TPSA) is 4.93 Å². The van der Waals surface area contributed by atoms with Crippen molar-refractivity contribution in [2.24, 2.45) is 7.05 Å². The quantitative estimate of drug-likeness (QED) is 0.635. The summed E-state index contributed by atoms with van der Waals surface area (Å²) in [5.41, 5.74) is 4.50. The number of allylic oxidation sites excluding steroid dienone is 1. The van der Waals surface area contributed by atoms with Gasteiger partial charge in [0, 0.05) is 29.1 Å². The molecule has 0 radical (unpaired) electrons. The molecular weight excluding hydrogens is 194 g/mol. The molecule has 16 heavy (non-hydrogen) atoms. The Kier molecular flexibility index (Phi) is 1.82. The summed E-state index contributed by atoms with van der Waals surface area (Å²) in [5.74, 6) is 0. The Morgan fingerprint density at radius 1 is 1.38 bits per heavy atom. The average molecular weight is 211 g/mol. The minimum atomic E-state index is 0.163. The Morgan fingerprint density at radius 2 is 2.12 bits per heavy atom. The van der Waals surface area contributed by atoms with Crippen molar-refractivity contribution in [3.05, 3.63) is 48.2 Å². The third-order valence-corrected chi connectivity index (χ3v) is 4.13. The van der Waals surface area contributed by atoms with Crippen molar-refractivity contribution in [3.8, 4) is 0 Å². The molecule has 0 fully saturated rings. The Balaban J connectivity index is 2.44. The molecule has 0 bridgehead atoms. The summed E-state index contributed by atoms with van der Waals surface area (Å²) in [6.45, 7) is 6.32. The first kappa shape index (κ1) is 9.71. The van der Waals surface area contributed by atoms with Gasteiger partial charge in [-0.05, 0) is 24.5 Å². The van der Waals surface area contributed by atoms with E-state index in [9.17, 15) is 0 Å². The number of aryl methyl sites for hydroxylation is 1. The van der Waals surface area contributed by atoms with Crippen LogP contribution in [0, 0.1) is 0 Å². The van der Waals surface area contributed by atoms with Crippen LogP contribution in [-0.2, 0) is 18.9 Å². The van der Waals surface area contributed by atoms with Crippen LogP contribution in [0.2, 0.25) is 0 Å². The molecule has 82 valence electrons. The van der Waals surface area contributed by atoms with Gasteiger partial charge in [0.05, 0.1) is 0 Å². The predicted octanol–water partition coefficient (Wildman–Crippen LogP) is 3.57. The first-order valence-electron chi connectivity index (χ1n) is 5.88. The molecule has 0 saturated carbocycles. The van der Waals surface area contributed by atoms with Crippen molar-refractivity contribution >= 4 is 10.9 Å². The molecular formula is C15H17N. The van der Waals surface area contributed by atoms with E-state index in [0.29, 0.717) is 0 Å². The summed E-state index contributed by atoms with van der Waals surface area (Å²) in [6.07, 6.45) is 4.48. The number of fused-ring (bicyclic) bond motifs is 3. The van der Waals surface area contributed by atoms with Crippen LogP contribution in [-0.4, -0.2) is 4.57 Å². The summed E-state index contributed by atoms with van der Waals surface area (Å²) in [5, 5.41) is 1.40. The number of nitrogens with zero attached hydrogens (tertiary/aromatic N) is 1. The Bertz CT molecular complexity index is 576. The molecule has 0 saturated heterocycles. The molecule has 1 aliphatic rings. The van der Waals surface area contributed by atoms with Crippen molar-refractivity contribution < 1.29 is 0 Å². The SMILES string of the molecule is C=CC1(C)CCc2c1c1ccccc1n2C. The Morgan fingerprint density at radius 3 is 2.88 bits per heavy atom. The highest BCUT2D eigenvalue weighted by Crippen LogP contribution is 2.44. The van der Waals surface area contributed by atoms with Gasteiger partial charge in [-0.25, -0.2) is 0 Å². The summed E-state index contributed by atoms with van der Waals surface area (Å²) < 4.78 is 2.35. The van der Waals surface area contributed by atoms with Gasteiger partial charge in [-0.15, -0.1) is 6.58 Å². The molecule has 1 atom stereocenters. The highest BCUT2D eigenvalue weighted by molar-refractivity contribution is 5.87. The number of para-hydroxylation sites is 1. The van der Waals surface area contributed by atoms with Gasteiger partial charge >= 0.3 is 0 Å². The van der Waals surface area contributed by atoms with Gasteiger partial charge in [0.2, 0.25) is 0 Å². The summed E-state index contributed by atoms with van der Waals surface area (Å²) in [6, 6.07) is 8.69. The number of benzene rings is 1. The normalized spacial score (nSPS) is 23.6. The van der Waals surface area contributed by atoms with Crippen LogP contribution in [0.15, 0.2) is 36.9 Å². The van der Waals surface area contributed by atoms with E-state index in [-0.39, 0.29) is 5.41 Å². The predicted molar refractivity (Wildman–Crippen MR) is 68.8 cm³/mol. The van der Waals surface area contributed by atoms with Gasteiger partial charge in [0.1, 0.15) is 0 Å². The summed E-state index contributed by atoms with van der Waals surface area (Å²) in [4.78, 5) is 0. The Labute approximate surface area is 96.4 Å². The third-order valence-electron chi connectivity index (χ3n) is 4.13. The molecule has 0 amide bonds. The van der Waals surface area contributed by atoms with Crippen LogP contribution < -0.4 is 0 Å².